The highest BCUT2D eigenvalue weighted by atomic mass is 19.4. The fraction of sp³-hybridized carbons (Fsp3) is 0.375. The molecule has 1 amide bonds. The summed E-state index contributed by atoms with van der Waals surface area (Å²) in [5, 5.41) is 16.9. The van der Waals surface area contributed by atoms with Crippen LogP contribution in [-0.2, 0) is 9.53 Å². The lowest BCUT2D eigenvalue weighted by Gasteiger charge is -2.46. The van der Waals surface area contributed by atoms with E-state index in [1.807, 2.05) is 13.0 Å². The SMILES string of the molecule is Cc1ccc(NC(=O)[C@@]2(N3CCOCC3)CC(C(F)(F)F)=NN2C2=CC=C(F)CC(C#N)=C2)cc1. The van der Waals surface area contributed by atoms with Gasteiger partial charge >= 0.3 is 6.18 Å². The molecule has 0 bridgehead atoms. The third-order valence-electron chi connectivity index (χ3n) is 6.02. The summed E-state index contributed by atoms with van der Waals surface area (Å²) in [6.45, 7) is 2.63. The normalized spacial score (nSPS) is 23.5. The van der Waals surface area contributed by atoms with Crippen LogP contribution in [0.2, 0.25) is 0 Å². The number of nitriles is 1. The number of hydrogen-bond donors (Lipinski definition) is 1. The highest BCUT2D eigenvalue weighted by Gasteiger charge is 2.59. The van der Waals surface area contributed by atoms with Gasteiger partial charge < -0.3 is 10.1 Å². The minimum Gasteiger partial charge on any atom is -0.379 e. The molecule has 1 atom stereocenters. The van der Waals surface area contributed by atoms with Crippen molar-refractivity contribution in [2.24, 2.45) is 5.10 Å². The molecule has 35 heavy (non-hydrogen) atoms. The molecule has 2 aliphatic heterocycles. The number of rotatable bonds is 4. The lowest BCUT2D eigenvalue weighted by molar-refractivity contribution is -0.144. The van der Waals surface area contributed by atoms with Gasteiger partial charge in [0.2, 0.25) is 5.66 Å². The Hall–Kier alpha value is -3.49. The van der Waals surface area contributed by atoms with Crippen molar-refractivity contribution in [3.63, 3.8) is 0 Å². The third-order valence-corrected chi connectivity index (χ3v) is 6.02. The number of aryl methyl sites for hydroxylation is 1. The van der Waals surface area contributed by atoms with Crippen molar-refractivity contribution >= 4 is 17.3 Å². The molecule has 1 aromatic rings. The summed E-state index contributed by atoms with van der Waals surface area (Å²) in [5.74, 6) is -1.36. The molecule has 1 N–H and O–H groups in total. The van der Waals surface area contributed by atoms with E-state index in [4.69, 9.17) is 4.74 Å². The number of alkyl halides is 3. The second kappa shape index (κ2) is 9.64. The zero-order valence-corrected chi connectivity index (χ0v) is 18.9. The molecule has 2 heterocycles. The third kappa shape index (κ3) is 4.99. The van der Waals surface area contributed by atoms with Crippen molar-refractivity contribution in [3.8, 4) is 6.07 Å². The smallest absolute Gasteiger partial charge is 0.379 e. The Bertz CT molecular complexity index is 1160. The standard InChI is InChI=1S/C24H23F4N5O2/c1-16-2-5-19(6-3-16)30-22(34)23(32-8-10-35-11-9-32)14-21(24(26,27)28)31-33(23)20-7-4-18(25)12-17(13-20)15-29/h2-7,13H,8-12,14H2,1H3,(H,30,34)/t23-/m1/s1. The van der Waals surface area contributed by atoms with Gasteiger partial charge in [0.15, 0.2) is 0 Å². The van der Waals surface area contributed by atoms with Gasteiger partial charge in [-0.1, -0.05) is 17.7 Å². The Labute approximate surface area is 199 Å². The largest absolute Gasteiger partial charge is 0.431 e. The van der Waals surface area contributed by atoms with Crippen molar-refractivity contribution in [1.29, 1.82) is 5.26 Å². The van der Waals surface area contributed by atoms with Crippen molar-refractivity contribution in [2.75, 3.05) is 31.6 Å². The predicted octanol–water partition coefficient (Wildman–Crippen LogP) is 4.18. The number of morpholine rings is 1. The quantitative estimate of drug-likeness (QED) is 0.642. The van der Waals surface area contributed by atoms with Gasteiger partial charge in [-0.25, -0.2) is 9.40 Å². The van der Waals surface area contributed by atoms with Gasteiger partial charge in [0, 0.05) is 37.2 Å². The summed E-state index contributed by atoms with van der Waals surface area (Å²) in [6.07, 6.45) is -2.30. The monoisotopic (exact) mass is 489 g/mol. The molecule has 3 aliphatic rings. The number of anilines is 1. The van der Waals surface area contributed by atoms with E-state index in [0.717, 1.165) is 16.6 Å². The lowest BCUT2D eigenvalue weighted by Crippen LogP contribution is -2.66. The topological polar surface area (TPSA) is 81.0 Å². The number of benzene rings is 1. The molecule has 0 unspecified atom stereocenters. The molecule has 0 spiro atoms. The van der Waals surface area contributed by atoms with Crippen molar-refractivity contribution < 1.29 is 27.1 Å². The molecular weight excluding hydrogens is 466 g/mol. The first kappa shape index (κ1) is 24.6. The molecule has 1 aromatic carbocycles. The molecule has 1 aliphatic carbocycles. The van der Waals surface area contributed by atoms with Crippen LogP contribution >= 0.6 is 0 Å². The van der Waals surface area contributed by atoms with Crippen molar-refractivity contribution in [1.82, 2.24) is 9.91 Å². The van der Waals surface area contributed by atoms with Gasteiger partial charge in [-0.3, -0.25) is 9.69 Å². The van der Waals surface area contributed by atoms with E-state index in [9.17, 15) is 27.6 Å². The average molecular weight is 489 g/mol. The predicted molar refractivity (Wildman–Crippen MR) is 120 cm³/mol. The molecule has 0 aromatic heterocycles. The Morgan fingerprint density at radius 3 is 2.51 bits per heavy atom. The average Bonchev–Trinajstić information content (AvgIpc) is 3.16. The van der Waals surface area contributed by atoms with Crippen LogP contribution in [0.25, 0.3) is 0 Å². The molecule has 0 saturated carbocycles. The summed E-state index contributed by atoms with van der Waals surface area (Å²) in [7, 11) is 0. The Morgan fingerprint density at radius 2 is 1.89 bits per heavy atom. The Balaban J connectivity index is 1.85. The van der Waals surface area contributed by atoms with E-state index in [1.54, 1.807) is 29.2 Å². The van der Waals surface area contributed by atoms with E-state index < -0.39 is 35.7 Å². The highest BCUT2D eigenvalue weighted by Crippen LogP contribution is 2.41. The summed E-state index contributed by atoms with van der Waals surface area (Å²) < 4.78 is 61.3. The number of carbonyl (C=O) groups excluding carboxylic acids is 1. The van der Waals surface area contributed by atoms with Gasteiger partial charge in [-0.05, 0) is 37.3 Å². The van der Waals surface area contributed by atoms with Gasteiger partial charge in [0.05, 0.1) is 25.0 Å². The van der Waals surface area contributed by atoms with E-state index in [1.165, 1.54) is 12.2 Å². The number of nitrogens with zero attached hydrogens (tertiary/aromatic N) is 4. The number of hydrazone groups is 1. The number of amides is 1. The van der Waals surface area contributed by atoms with E-state index >= 15 is 0 Å². The Morgan fingerprint density at radius 1 is 1.20 bits per heavy atom. The zero-order valence-electron chi connectivity index (χ0n) is 18.9. The number of ether oxygens (including phenoxy) is 1. The van der Waals surface area contributed by atoms with Crippen LogP contribution in [0.1, 0.15) is 18.4 Å². The molecule has 7 nitrogen and oxygen atoms in total. The van der Waals surface area contributed by atoms with Crippen molar-refractivity contribution in [2.45, 2.75) is 31.6 Å². The zero-order chi connectivity index (χ0) is 25.2. The van der Waals surface area contributed by atoms with Crippen LogP contribution in [0.15, 0.2) is 64.7 Å². The van der Waals surface area contributed by atoms with Crippen molar-refractivity contribution in [3.05, 3.63) is 65.2 Å². The van der Waals surface area contributed by atoms with Gasteiger partial charge in [-0.2, -0.15) is 23.5 Å². The number of halogens is 4. The first-order chi connectivity index (χ1) is 16.6. The second-order valence-corrected chi connectivity index (χ2v) is 8.43. The highest BCUT2D eigenvalue weighted by molar-refractivity contribution is 6.05. The minimum absolute atomic E-state index is 0.000928. The number of nitrogens with one attached hydrogen (secondary N) is 1. The molecular formula is C24H23F4N5O2. The van der Waals surface area contributed by atoms with Crippen LogP contribution in [0.5, 0.6) is 0 Å². The molecule has 4 rings (SSSR count). The van der Waals surface area contributed by atoms with Gasteiger partial charge in [0.25, 0.3) is 5.91 Å². The van der Waals surface area contributed by atoms with Crippen LogP contribution in [0.3, 0.4) is 0 Å². The number of carbonyl (C=O) groups is 1. The lowest BCUT2D eigenvalue weighted by atomic mass is 9.97. The minimum atomic E-state index is -4.80. The van der Waals surface area contributed by atoms with E-state index in [2.05, 4.69) is 10.4 Å². The molecule has 1 saturated heterocycles. The second-order valence-electron chi connectivity index (χ2n) is 8.43. The van der Waals surface area contributed by atoms with Crippen LogP contribution in [-0.4, -0.2) is 59.7 Å². The van der Waals surface area contributed by atoms with Gasteiger partial charge in [-0.15, -0.1) is 0 Å². The van der Waals surface area contributed by atoms with Crippen LogP contribution < -0.4 is 5.32 Å². The fourth-order valence-electron chi connectivity index (χ4n) is 4.24. The van der Waals surface area contributed by atoms with E-state index in [-0.39, 0.29) is 44.0 Å². The number of hydrogen-bond acceptors (Lipinski definition) is 6. The fourth-order valence-corrected chi connectivity index (χ4v) is 4.24. The molecule has 0 radical (unpaired) electrons. The molecule has 184 valence electrons. The maximum absolute atomic E-state index is 14.1. The molecule has 11 heteroatoms. The van der Waals surface area contributed by atoms with Crippen LogP contribution in [0, 0.1) is 18.3 Å². The summed E-state index contributed by atoms with van der Waals surface area (Å²) in [5.41, 5.74) is -1.72. The summed E-state index contributed by atoms with van der Waals surface area (Å²) in [6, 6.07) is 8.70. The first-order valence-corrected chi connectivity index (χ1v) is 11.0. The summed E-state index contributed by atoms with van der Waals surface area (Å²) >= 11 is 0. The maximum Gasteiger partial charge on any atom is 0.431 e. The molecule has 1 fully saturated rings. The maximum atomic E-state index is 14.1. The number of allylic oxidation sites excluding steroid dienone is 5. The van der Waals surface area contributed by atoms with Gasteiger partial charge in [0.1, 0.15) is 11.5 Å². The van der Waals surface area contributed by atoms with Crippen LogP contribution in [0.4, 0.5) is 23.2 Å². The van der Waals surface area contributed by atoms with E-state index in [0.29, 0.717) is 5.69 Å². The summed E-state index contributed by atoms with van der Waals surface area (Å²) in [4.78, 5) is 15.5. The Kier molecular flexibility index (Phi) is 6.78. The first-order valence-electron chi connectivity index (χ1n) is 11.0.